The minimum atomic E-state index is -1.14. The molecule has 1 aliphatic rings. The van der Waals surface area contributed by atoms with Gasteiger partial charge in [0.1, 0.15) is 11.4 Å². The van der Waals surface area contributed by atoms with E-state index in [2.05, 4.69) is 10.3 Å². The van der Waals surface area contributed by atoms with Gasteiger partial charge >= 0.3 is 11.9 Å². The number of benzene rings is 2. The Morgan fingerprint density at radius 1 is 1.26 bits per heavy atom. The van der Waals surface area contributed by atoms with E-state index in [4.69, 9.17) is 22.1 Å². The molecule has 0 bridgehead atoms. The number of aromatic carboxylic acids is 1. The standard InChI is InChI=1S/C24H24ClN3O6/c1-11(23(30)31)34-18-6-12(10-26)2-5-16(18)27-19(29)8-14-4-3-13-7-15(25)9-17-20(13)21(14)22(28-17)24(32)33/h2,5-7,9,11,14,28H,3-4,8,10,26H2,1H3,(H,27,29)(H,30,31)(H,32,33)/t11-,14-/m0/s1. The molecule has 0 unspecified atom stereocenters. The van der Waals surface area contributed by atoms with Gasteiger partial charge in [-0.25, -0.2) is 9.59 Å². The van der Waals surface area contributed by atoms with Gasteiger partial charge in [-0.3, -0.25) is 4.79 Å². The van der Waals surface area contributed by atoms with Gasteiger partial charge in [0, 0.05) is 28.9 Å². The average Bonchev–Trinajstić information content (AvgIpc) is 3.17. The van der Waals surface area contributed by atoms with Crippen molar-refractivity contribution in [3.05, 3.63) is 57.7 Å². The SMILES string of the molecule is C[C@H](Oc1cc(CN)ccc1NC(=O)C[C@@H]1CCc2cc(Cl)cc3[nH]c(C(=O)O)c1c23)C(=O)O. The van der Waals surface area contributed by atoms with E-state index < -0.39 is 18.0 Å². The second-order valence-electron chi connectivity index (χ2n) is 8.33. The molecule has 0 aliphatic heterocycles. The highest BCUT2D eigenvalue weighted by atomic mass is 35.5. The Kier molecular flexibility index (Phi) is 6.49. The topological polar surface area (TPSA) is 155 Å². The van der Waals surface area contributed by atoms with E-state index >= 15 is 0 Å². The highest BCUT2D eigenvalue weighted by Crippen LogP contribution is 2.42. The Morgan fingerprint density at radius 3 is 2.71 bits per heavy atom. The summed E-state index contributed by atoms with van der Waals surface area (Å²) in [4.78, 5) is 39.1. The summed E-state index contributed by atoms with van der Waals surface area (Å²) < 4.78 is 5.52. The van der Waals surface area contributed by atoms with Crippen LogP contribution in [-0.4, -0.2) is 39.1 Å². The molecule has 1 amide bonds. The van der Waals surface area contributed by atoms with Crippen LogP contribution in [0.2, 0.25) is 5.02 Å². The number of H-pyrrole nitrogens is 1. The average molecular weight is 486 g/mol. The molecule has 1 aliphatic carbocycles. The Morgan fingerprint density at radius 2 is 2.03 bits per heavy atom. The molecule has 2 aromatic carbocycles. The van der Waals surface area contributed by atoms with Crippen molar-refractivity contribution in [2.75, 3.05) is 5.32 Å². The quantitative estimate of drug-likeness (QED) is 0.324. The summed E-state index contributed by atoms with van der Waals surface area (Å²) in [5.74, 6) is -2.71. The van der Waals surface area contributed by atoms with E-state index in [-0.39, 0.29) is 36.2 Å². The van der Waals surface area contributed by atoms with Crippen molar-refractivity contribution < 1.29 is 29.3 Å². The van der Waals surface area contributed by atoms with E-state index in [1.54, 1.807) is 24.3 Å². The van der Waals surface area contributed by atoms with Crippen molar-refractivity contribution in [1.29, 1.82) is 0 Å². The van der Waals surface area contributed by atoms with E-state index in [1.807, 2.05) is 6.07 Å². The molecule has 2 atom stereocenters. The number of anilines is 1. The Labute approximate surface area is 199 Å². The number of nitrogens with two attached hydrogens (primary N) is 1. The lowest BCUT2D eigenvalue weighted by Gasteiger charge is -2.23. The number of carboxylic acids is 2. The van der Waals surface area contributed by atoms with Gasteiger partial charge in [0.05, 0.1) is 5.69 Å². The maximum Gasteiger partial charge on any atom is 0.352 e. The summed E-state index contributed by atoms with van der Waals surface area (Å²) in [6.45, 7) is 1.61. The fourth-order valence-corrected chi connectivity index (χ4v) is 4.66. The Balaban J connectivity index is 1.61. The number of aliphatic carboxylic acids is 1. The lowest BCUT2D eigenvalue weighted by molar-refractivity contribution is -0.144. The van der Waals surface area contributed by atoms with Gasteiger partial charge < -0.3 is 31.0 Å². The van der Waals surface area contributed by atoms with Crippen LogP contribution in [0, 0.1) is 0 Å². The number of carbonyl (C=O) groups is 3. The van der Waals surface area contributed by atoms with Gasteiger partial charge in [-0.15, -0.1) is 0 Å². The zero-order chi connectivity index (χ0) is 24.6. The molecule has 0 fully saturated rings. The molecule has 0 spiro atoms. The van der Waals surface area contributed by atoms with Crippen LogP contribution in [-0.2, 0) is 22.6 Å². The van der Waals surface area contributed by atoms with Gasteiger partial charge in [-0.2, -0.15) is 0 Å². The zero-order valence-corrected chi connectivity index (χ0v) is 19.1. The smallest absolute Gasteiger partial charge is 0.352 e. The lowest BCUT2D eigenvalue weighted by Crippen LogP contribution is -2.24. The summed E-state index contributed by atoms with van der Waals surface area (Å²) in [6.07, 6.45) is 0.160. The van der Waals surface area contributed by atoms with E-state index in [0.29, 0.717) is 40.2 Å². The Bertz CT molecular complexity index is 1300. The maximum atomic E-state index is 13.0. The Hall–Kier alpha value is -3.56. The third kappa shape index (κ3) is 4.57. The molecule has 1 aromatic heterocycles. The number of carboxylic acid groups (broad SMARTS) is 2. The van der Waals surface area contributed by atoms with Gasteiger partial charge in [-0.05, 0) is 66.6 Å². The van der Waals surface area contributed by atoms with E-state index in [0.717, 1.165) is 10.9 Å². The molecule has 0 saturated heterocycles. The van der Waals surface area contributed by atoms with Crippen LogP contribution in [0.15, 0.2) is 30.3 Å². The second-order valence-corrected chi connectivity index (χ2v) is 8.76. The van der Waals surface area contributed by atoms with Crippen LogP contribution in [0.25, 0.3) is 10.9 Å². The van der Waals surface area contributed by atoms with Gasteiger partial charge in [-0.1, -0.05) is 17.7 Å². The summed E-state index contributed by atoms with van der Waals surface area (Å²) in [5.41, 5.74) is 8.96. The number of hydrogen-bond donors (Lipinski definition) is 5. The van der Waals surface area contributed by atoms with E-state index in [1.165, 1.54) is 6.92 Å². The van der Waals surface area contributed by atoms with Crippen molar-refractivity contribution in [2.45, 2.75) is 44.8 Å². The number of ether oxygens (including phenoxy) is 1. The maximum absolute atomic E-state index is 13.0. The highest BCUT2D eigenvalue weighted by molar-refractivity contribution is 6.31. The number of nitrogens with one attached hydrogen (secondary N) is 2. The number of halogens is 1. The van der Waals surface area contributed by atoms with Crippen molar-refractivity contribution in [3.63, 3.8) is 0 Å². The van der Waals surface area contributed by atoms with Crippen LogP contribution in [0.4, 0.5) is 5.69 Å². The molecule has 0 saturated carbocycles. The van der Waals surface area contributed by atoms with Crippen LogP contribution in [0.5, 0.6) is 5.75 Å². The van der Waals surface area contributed by atoms with Crippen molar-refractivity contribution >= 4 is 46.0 Å². The monoisotopic (exact) mass is 485 g/mol. The van der Waals surface area contributed by atoms with Crippen molar-refractivity contribution in [2.24, 2.45) is 5.73 Å². The number of aryl methyl sites for hydroxylation is 1. The largest absolute Gasteiger partial charge is 0.479 e. The summed E-state index contributed by atoms with van der Waals surface area (Å²) in [7, 11) is 0. The van der Waals surface area contributed by atoms with Crippen LogP contribution in [0.3, 0.4) is 0 Å². The molecule has 10 heteroatoms. The summed E-state index contributed by atoms with van der Waals surface area (Å²) >= 11 is 6.18. The third-order valence-electron chi connectivity index (χ3n) is 6.01. The molecule has 178 valence electrons. The minimum absolute atomic E-state index is 0.0435. The number of aromatic nitrogens is 1. The second kappa shape index (κ2) is 9.36. The van der Waals surface area contributed by atoms with Crippen molar-refractivity contribution in [1.82, 2.24) is 4.98 Å². The first kappa shape index (κ1) is 23.6. The molecule has 9 nitrogen and oxygen atoms in total. The lowest BCUT2D eigenvalue weighted by atomic mass is 9.81. The van der Waals surface area contributed by atoms with Gasteiger partial charge in [0.25, 0.3) is 0 Å². The molecule has 4 rings (SSSR count). The van der Waals surface area contributed by atoms with Crippen LogP contribution >= 0.6 is 11.6 Å². The fourth-order valence-electron chi connectivity index (χ4n) is 4.42. The summed E-state index contributed by atoms with van der Waals surface area (Å²) in [6, 6.07) is 8.43. The van der Waals surface area contributed by atoms with Crippen LogP contribution < -0.4 is 15.8 Å². The first-order valence-electron chi connectivity index (χ1n) is 10.8. The first-order chi connectivity index (χ1) is 16.2. The predicted molar refractivity (Wildman–Crippen MR) is 127 cm³/mol. The molecular formula is C24H24ClN3O6. The number of aromatic amines is 1. The predicted octanol–water partition coefficient (Wildman–Crippen LogP) is 3.89. The molecule has 0 radical (unpaired) electrons. The third-order valence-corrected chi connectivity index (χ3v) is 6.22. The number of carbonyl (C=O) groups excluding carboxylic acids is 1. The highest BCUT2D eigenvalue weighted by Gasteiger charge is 2.31. The van der Waals surface area contributed by atoms with Crippen molar-refractivity contribution in [3.8, 4) is 5.75 Å². The van der Waals surface area contributed by atoms with E-state index in [9.17, 15) is 24.6 Å². The zero-order valence-electron chi connectivity index (χ0n) is 18.4. The molecular weight excluding hydrogens is 462 g/mol. The van der Waals surface area contributed by atoms with Gasteiger partial charge in [0.15, 0.2) is 6.10 Å². The van der Waals surface area contributed by atoms with Gasteiger partial charge in [0.2, 0.25) is 5.91 Å². The number of hydrogen-bond acceptors (Lipinski definition) is 5. The van der Waals surface area contributed by atoms with Crippen LogP contribution in [0.1, 0.15) is 52.9 Å². The minimum Gasteiger partial charge on any atom is -0.479 e. The molecule has 6 N–H and O–H groups in total. The molecule has 3 aromatic rings. The number of amides is 1. The normalized spacial score (nSPS) is 15.7. The molecule has 34 heavy (non-hydrogen) atoms. The molecule has 1 heterocycles. The number of rotatable bonds is 8. The summed E-state index contributed by atoms with van der Waals surface area (Å²) in [5, 5.41) is 23.0. The first-order valence-corrected chi connectivity index (χ1v) is 11.1. The fraction of sp³-hybridized carbons (Fsp3) is 0.292.